The topological polar surface area (TPSA) is 46.3 Å². The molecular formula is C15H22Cl2N2O. The molecule has 0 heterocycles. The highest BCUT2D eigenvalue weighted by Crippen LogP contribution is 2.23. The van der Waals surface area contributed by atoms with E-state index >= 15 is 0 Å². The average molecular weight is 317 g/mol. The summed E-state index contributed by atoms with van der Waals surface area (Å²) in [6.07, 6.45) is 1.17. The second-order valence-electron chi connectivity index (χ2n) is 5.38. The molecule has 2 N–H and O–H groups in total. The second kappa shape index (κ2) is 7.87. The summed E-state index contributed by atoms with van der Waals surface area (Å²) in [5, 5.41) is 1.03. The average Bonchev–Trinajstić information content (AvgIpc) is 2.36. The van der Waals surface area contributed by atoms with Crippen LogP contribution < -0.4 is 5.73 Å². The van der Waals surface area contributed by atoms with Gasteiger partial charge in [-0.2, -0.15) is 0 Å². The first-order valence-electron chi connectivity index (χ1n) is 6.80. The van der Waals surface area contributed by atoms with Crippen LogP contribution in [0, 0.1) is 0 Å². The van der Waals surface area contributed by atoms with Crippen molar-refractivity contribution in [3.05, 3.63) is 33.8 Å². The molecule has 1 rings (SSSR count). The highest BCUT2D eigenvalue weighted by molar-refractivity contribution is 6.42. The Labute approximate surface area is 131 Å². The van der Waals surface area contributed by atoms with E-state index < -0.39 is 0 Å². The number of carbonyl (C=O) groups excluding carboxylic acids is 1. The molecule has 0 spiro atoms. The molecule has 0 radical (unpaired) electrons. The summed E-state index contributed by atoms with van der Waals surface area (Å²) in [6.45, 7) is 6.45. The number of nitrogens with two attached hydrogens (primary N) is 1. The molecule has 5 heteroatoms. The predicted octanol–water partition coefficient (Wildman–Crippen LogP) is 3.86. The molecule has 3 nitrogen and oxygen atoms in total. The number of halogens is 2. The molecule has 0 fully saturated rings. The molecule has 0 aromatic heterocycles. The minimum Gasteiger partial charge on any atom is -0.336 e. The van der Waals surface area contributed by atoms with Crippen molar-refractivity contribution in [1.82, 2.24) is 4.90 Å². The lowest BCUT2D eigenvalue weighted by molar-refractivity contribution is -0.133. The van der Waals surface area contributed by atoms with Crippen LogP contribution >= 0.6 is 23.2 Å². The Hall–Kier alpha value is -0.770. The second-order valence-corrected chi connectivity index (χ2v) is 6.19. The molecule has 1 atom stereocenters. The Morgan fingerprint density at radius 3 is 2.40 bits per heavy atom. The maximum absolute atomic E-state index is 12.3. The van der Waals surface area contributed by atoms with Crippen molar-refractivity contribution >= 4 is 29.1 Å². The maximum Gasteiger partial charge on any atom is 0.223 e. The van der Waals surface area contributed by atoms with Gasteiger partial charge < -0.3 is 10.6 Å². The number of hydrogen-bond acceptors (Lipinski definition) is 2. The van der Waals surface area contributed by atoms with Crippen molar-refractivity contribution in [1.29, 1.82) is 0 Å². The molecule has 112 valence electrons. The van der Waals surface area contributed by atoms with Gasteiger partial charge in [0.05, 0.1) is 10.0 Å². The molecule has 20 heavy (non-hydrogen) atoms. The van der Waals surface area contributed by atoms with Crippen LogP contribution in [0.3, 0.4) is 0 Å². The van der Waals surface area contributed by atoms with Crippen LogP contribution in [0.5, 0.6) is 0 Å². The summed E-state index contributed by atoms with van der Waals surface area (Å²) in [6, 6.07) is 5.62. The van der Waals surface area contributed by atoms with Crippen LogP contribution in [0.2, 0.25) is 10.0 Å². The van der Waals surface area contributed by atoms with Crippen LogP contribution in [0.1, 0.15) is 39.2 Å². The predicted molar refractivity (Wildman–Crippen MR) is 85.0 cm³/mol. The number of rotatable bonds is 6. The monoisotopic (exact) mass is 316 g/mol. The van der Waals surface area contributed by atoms with Crippen molar-refractivity contribution in [2.75, 3.05) is 0 Å². The SMILES string of the molecule is CC(N)CCC(=O)N(Cc1ccc(Cl)c(Cl)c1)C(C)C. The molecule has 1 unspecified atom stereocenters. The van der Waals surface area contributed by atoms with E-state index in [1.54, 1.807) is 12.1 Å². The molecule has 0 saturated carbocycles. The zero-order valence-corrected chi connectivity index (χ0v) is 13.7. The molecule has 1 amide bonds. The van der Waals surface area contributed by atoms with Gasteiger partial charge >= 0.3 is 0 Å². The van der Waals surface area contributed by atoms with Crippen molar-refractivity contribution in [3.8, 4) is 0 Å². The van der Waals surface area contributed by atoms with Gasteiger partial charge in [-0.1, -0.05) is 29.3 Å². The summed E-state index contributed by atoms with van der Waals surface area (Å²) >= 11 is 11.9. The van der Waals surface area contributed by atoms with E-state index in [-0.39, 0.29) is 18.0 Å². The van der Waals surface area contributed by atoms with Gasteiger partial charge in [-0.3, -0.25) is 4.79 Å². The van der Waals surface area contributed by atoms with Crippen LogP contribution in [0.15, 0.2) is 18.2 Å². The van der Waals surface area contributed by atoms with Gasteiger partial charge in [0.1, 0.15) is 0 Å². The summed E-state index contributed by atoms with van der Waals surface area (Å²) in [5.41, 5.74) is 6.68. The Balaban J connectivity index is 2.76. The number of carbonyl (C=O) groups is 1. The van der Waals surface area contributed by atoms with Gasteiger partial charge in [-0.05, 0) is 44.9 Å². The van der Waals surface area contributed by atoms with Gasteiger partial charge in [0, 0.05) is 25.0 Å². The highest BCUT2D eigenvalue weighted by Gasteiger charge is 2.17. The van der Waals surface area contributed by atoms with E-state index in [0.717, 1.165) is 5.56 Å². The summed E-state index contributed by atoms with van der Waals surface area (Å²) in [7, 11) is 0. The van der Waals surface area contributed by atoms with Crippen molar-refractivity contribution in [2.45, 2.75) is 52.2 Å². The lowest BCUT2D eigenvalue weighted by Crippen LogP contribution is -2.37. The van der Waals surface area contributed by atoms with E-state index in [0.29, 0.717) is 29.4 Å². The quantitative estimate of drug-likeness (QED) is 0.866. The fourth-order valence-corrected chi connectivity index (χ4v) is 2.21. The van der Waals surface area contributed by atoms with Gasteiger partial charge in [0.2, 0.25) is 5.91 Å². The van der Waals surface area contributed by atoms with Gasteiger partial charge in [0.15, 0.2) is 0 Å². The summed E-state index contributed by atoms with van der Waals surface area (Å²) < 4.78 is 0. The Bertz CT molecular complexity index is 461. The zero-order valence-electron chi connectivity index (χ0n) is 12.2. The fraction of sp³-hybridized carbons (Fsp3) is 0.533. The van der Waals surface area contributed by atoms with Crippen LogP contribution in [-0.4, -0.2) is 22.9 Å². The maximum atomic E-state index is 12.3. The minimum absolute atomic E-state index is 0.0398. The van der Waals surface area contributed by atoms with Gasteiger partial charge in [-0.25, -0.2) is 0 Å². The third kappa shape index (κ3) is 5.31. The van der Waals surface area contributed by atoms with Crippen LogP contribution in [-0.2, 0) is 11.3 Å². The first kappa shape index (κ1) is 17.3. The standard InChI is InChI=1S/C15H22Cl2N2O/c1-10(2)19(15(20)7-4-11(3)18)9-12-5-6-13(16)14(17)8-12/h5-6,8,10-11H,4,7,9,18H2,1-3H3. The third-order valence-electron chi connectivity index (χ3n) is 3.09. The third-order valence-corrected chi connectivity index (χ3v) is 3.83. The number of nitrogens with zero attached hydrogens (tertiary/aromatic N) is 1. The fourth-order valence-electron chi connectivity index (χ4n) is 1.89. The smallest absolute Gasteiger partial charge is 0.223 e. The molecule has 0 aliphatic rings. The van der Waals surface area contributed by atoms with E-state index in [2.05, 4.69) is 0 Å². The first-order valence-corrected chi connectivity index (χ1v) is 7.55. The van der Waals surface area contributed by atoms with E-state index in [4.69, 9.17) is 28.9 Å². The first-order chi connectivity index (χ1) is 9.31. The number of hydrogen-bond donors (Lipinski definition) is 1. The summed E-state index contributed by atoms with van der Waals surface area (Å²) in [5.74, 6) is 0.114. The van der Waals surface area contributed by atoms with Gasteiger partial charge in [0.25, 0.3) is 0 Å². The molecule has 0 aliphatic carbocycles. The van der Waals surface area contributed by atoms with Crippen LogP contribution in [0.4, 0.5) is 0 Å². The van der Waals surface area contributed by atoms with E-state index in [1.165, 1.54) is 0 Å². The van der Waals surface area contributed by atoms with E-state index in [9.17, 15) is 4.79 Å². The Kier molecular flexibility index (Phi) is 6.80. The highest BCUT2D eigenvalue weighted by atomic mass is 35.5. The normalized spacial score (nSPS) is 12.6. The Morgan fingerprint density at radius 1 is 1.25 bits per heavy atom. The molecular weight excluding hydrogens is 295 g/mol. The molecule has 1 aromatic rings. The van der Waals surface area contributed by atoms with Crippen molar-refractivity contribution in [3.63, 3.8) is 0 Å². The molecule has 0 aliphatic heterocycles. The van der Waals surface area contributed by atoms with Gasteiger partial charge in [-0.15, -0.1) is 0 Å². The number of benzene rings is 1. The van der Waals surface area contributed by atoms with Crippen molar-refractivity contribution in [2.24, 2.45) is 5.73 Å². The lowest BCUT2D eigenvalue weighted by atomic mass is 10.1. The molecule has 0 saturated heterocycles. The zero-order chi connectivity index (χ0) is 15.3. The largest absolute Gasteiger partial charge is 0.336 e. The van der Waals surface area contributed by atoms with Crippen LogP contribution in [0.25, 0.3) is 0 Å². The number of amides is 1. The lowest BCUT2D eigenvalue weighted by Gasteiger charge is -2.27. The molecule has 0 bridgehead atoms. The summed E-state index contributed by atoms with van der Waals surface area (Å²) in [4.78, 5) is 14.1. The molecule has 1 aromatic carbocycles. The van der Waals surface area contributed by atoms with Crippen molar-refractivity contribution < 1.29 is 4.79 Å². The minimum atomic E-state index is 0.0398. The van der Waals surface area contributed by atoms with E-state index in [1.807, 2.05) is 31.7 Å². The Morgan fingerprint density at radius 2 is 1.90 bits per heavy atom.